The highest BCUT2D eigenvalue weighted by Gasteiger charge is 2.32. The fraction of sp³-hybridized carbons (Fsp3) is 0.652. The standard InChI is InChI=1S/C23H32F3N3O6S/c1-22(2,3)35-21(30)28-12-8-17(9-13-28)16-33-27-18-10-14-29(15-11-18)36(31,32)20-6-4-19(5-7-20)34-23(24,25)26/h4-7,17H,8-16H2,1-3H3. The molecule has 2 aliphatic heterocycles. The summed E-state index contributed by atoms with van der Waals surface area (Å²) in [6, 6.07) is 4.14. The van der Waals surface area contributed by atoms with Crippen LogP contribution < -0.4 is 4.74 Å². The number of amides is 1. The lowest BCUT2D eigenvalue weighted by atomic mass is 9.98. The van der Waals surface area contributed by atoms with Crippen LogP contribution in [-0.2, 0) is 19.6 Å². The zero-order valence-electron chi connectivity index (χ0n) is 20.6. The van der Waals surface area contributed by atoms with E-state index >= 15 is 0 Å². The fourth-order valence-electron chi connectivity index (χ4n) is 3.88. The van der Waals surface area contributed by atoms with Crippen molar-refractivity contribution < 1.29 is 40.7 Å². The minimum Gasteiger partial charge on any atom is -0.444 e. The molecule has 2 saturated heterocycles. The molecular weight excluding hydrogens is 503 g/mol. The lowest BCUT2D eigenvalue weighted by Gasteiger charge is -2.33. The normalized spacial score (nSPS) is 18.6. The van der Waals surface area contributed by atoms with Gasteiger partial charge in [0, 0.05) is 39.0 Å². The number of benzene rings is 1. The van der Waals surface area contributed by atoms with Crippen LogP contribution in [0.25, 0.3) is 0 Å². The molecule has 1 amide bonds. The van der Waals surface area contributed by atoms with Gasteiger partial charge in [0.1, 0.15) is 18.0 Å². The third kappa shape index (κ3) is 8.26. The largest absolute Gasteiger partial charge is 0.573 e. The Morgan fingerprint density at radius 2 is 1.61 bits per heavy atom. The van der Waals surface area contributed by atoms with Crippen LogP contribution in [0.2, 0.25) is 0 Å². The molecule has 0 saturated carbocycles. The van der Waals surface area contributed by atoms with Crippen LogP contribution in [-0.4, -0.2) is 74.2 Å². The van der Waals surface area contributed by atoms with Crippen LogP contribution in [0, 0.1) is 5.92 Å². The molecule has 0 bridgehead atoms. The minimum atomic E-state index is -4.84. The summed E-state index contributed by atoms with van der Waals surface area (Å²) in [5.41, 5.74) is 0.222. The predicted molar refractivity (Wildman–Crippen MR) is 125 cm³/mol. The number of alkyl halides is 3. The molecule has 0 N–H and O–H groups in total. The van der Waals surface area contributed by atoms with E-state index in [1.54, 1.807) is 4.90 Å². The zero-order chi connectivity index (χ0) is 26.6. The van der Waals surface area contributed by atoms with Crippen LogP contribution in [0.15, 0.2) is 34.3 Å². The quantitative estimate of drug-likeness (QED) is 0.502. The van der Waals surface area contributed by atoms with Crippen molar-refractivity contribution in [3.05, 3.63) is 24.3 Å². The van der Waals surface area contributed by atoms with Gasteiger partial charge in [0.25, 0.3) is 0 Å². The van der Waals surface area contributed by atoms with E-state index in [0.717, 1.165) is 42.8 Å². The van der Waals surface area contributed by atoms with Crippen molar-refractivity contribution in [3.8, 4) is 5.75 Å². The number of carbonyl (C=O) groups excluding carboxylic acids is 1. The molecule has 1 aromatic rings. The second kappa shape index (κ2) is 11.2. The molecular formula is C23H32F3N3O6S. The van der Waals surface area contributed by atoms with Crippen molar-refractivity contribution in [1.29, 1.82) is 0 Å². The Bertz CT molecular complexity index is 1020. The molecule has 2 aliphatic rings. The summed E-state index contributed by atoms with van der Waals surface area (Å²) in [5.74, 6) is -0.222. The molecule has 0 unspecified atom stereocenters. The van der Waals surface area contributed by atoms with Crippen LogP contribution >= 0.6 is 0 Å². The topological polar surface area (TPSA) is 97.7 Å². The van der Waals surface area contributed by atoms with E-state index in [1.807, 2.05) is 20.8 Å². The summed E-state index contributed by atoms with van der Waals surface area (Å²) >= 11 is 0. The minimum absolute atomic E-state index is 0.105. The molecule has 13 heteroatoms. The lowest BCUT2D eigenvalue weighted by Crippen LogP contribution is -2.42. The molecule has 0 aliphatic carbocycles. The summed E-state index contributed by atoms with van der Waals surface area (Å²) in [6.07, 6.45) is -2.81. The number of halogens is 3. The first-order valence-corrected chi connectivity index (χ1v) is 13.2. The van der Waals surface area contributed by atoms with Crippen LogP contribution in [0.4, 0.5) is 18.0 Å². The second-order valence-electron chi connectivity index (χ2n) is 9.79. The smallest absolute Gasteiger partial charge is 0.444 e. The number of sulfonamides is 1. The first kappa shape index (κ1) is 28.0. The van der Waals surface area contributed by atoms with Crippen molar-refractivity contribution in [2.24, 2.45) is 11.1 Å². The van der Waals surface area contributed by atoms with Gasteiger partial charge in [0.2, 0.25) is 10.0 Å². The van der Waals surface area contributed by atoms with E-state index in [2.05, 4.69) is 9.89 Å². The molecule has 3 rings (SSSR count). The van der Waals surface area contributed by atoms with Gasteiger partial charge in [0.15, 0.2) is 0 Å². The number of nitrogens with zero attached hydrogens (tertiary/aromatic N) is 3. The first-order chi connectivity index (χ1) is 16.7. The van der Waals surface area contributed by atoms with Gasteiger partial charge in [-0.2, -0.15) is 4.31 Å². The maximum absolute atomic E-state index is 12.8. The van der Waals surface area contributed by atoms with Crippen LogP contribution in [0.3, 0.4) is 0 Å². The molecule has 9 nitrogen and oxygen atoms in total. The molecule has 202 valence electrons. The molecule has 0 aromatic heterocycles. The molecule has 1 aromatic carbocycles. The molecule has 0 atom stereocenters. The van der Waals surface area contributed by atoms with E-state index in [1.165, 1.54) is 4.31 Å². The number of hydrogen-bond acceptors (Lipinski definition) is 7. The fourth-order valence-corrected chi connectivity index (χ4v) is 5.32. The second-order valence-corrected chi connectivity index (χ2v) is 11.7. The summed E-state index contributed by atoms with van der Waals surface area (Å²) in [4.78, 5) is 19.3. The highest BCUT2D eigenvalue weighted by atomic mass is 32.2. The Morgan fingerprint density at radius 3 is 2.14 bits per heavy atom. The van der Waals surface area contributed by atoms with Crippen LogP contribution in [0.1, 0.15) is 46.5 Å². The third-order valence-corrected chi connectivity index (χ3v) is 7.68. The summed E-state index contributed by atoms with van der Waals surface area (Å²) in [7, 11) is -3.85. The Hall–Kier alpha value is -2.54. The van der Waals surface area contributed by atoms with Crippen molar-refractivity contribution in [2.45, 2.75) is 63.3 Å². The Kier molecular flexibility index (Phi) is 8.75. The Balaban J connectivity index is 1.42. The monoisotopic (exact) mass is 535 g/mol. The van der Waals surface area contributed by atoms with Gasteiger partial charge in [-0.25, -0.2) is 13.2 Å². The average molecular weight is 536 g/mol. The Morgan fingerprint density at radius 1 is 1.03 bits per heavy atom. The number of hydrogen-bond donors (Lipinski definition) is 0. The summed E-state index contributed by atoms with van der Waals surface area (Å²) in [5, 5.41) is 4.18. The highest BCUT2D eigenvalue weighted by molar-refractivity contribution is 7.89. The number of likely N-dealkylation sites (tertiary alicyclic amines) is 1. The maximum atomic E-state index is 12.8. The van der Waals surface area contributed by atoms with E-state index in [9.17, 15) is 26.4 Å². The first-order valence-electron chi connectivity index (χ1n) is 11.7. The van der Waals surface area contributed by atoms with Crippen molar-refractivity contribution in [3.63, 3.8) is 0 Å². The van der Waals surface area contributed by atoms with E-state index < -0.39 is 27.7 Å². The van der Waals surface area contributed by atoms with Gasteiger partial charge in [-0.05, 0) is 63.8 Å². The molecule has 0 radical (unpaired) electrons. The third-order valence-electron chi connectivity index (χ3n) is 5.76. The number of carbonyl (C=O) groups is 1. The number of oxime groups is 1. The maximum Gasteiger partial charge on any atom is 0.573 e. The van der Waals surface area contributed by atoms with E-state index in [4.69, 9.17) is 9.57 Å². The van der Waals surface area contributed by atoms with Gasteiger partial charge in [-0.15, -0.1) is 13.2 Å². The van der Waals surface area contributed by atoms with Crippen molar-refractivity contribution in [2.75, 3.05) is 32.8 Å². The molecule has 2 fully saturated rings. The van der Waals surface area contributed by atoms with Gasteiger partial charge in [-0.3, -0.25) is 0 Å². The summed E-state index contributed by atoms with van der Waals surface area (Å²) < 4.78 is 73.0. The number of ether oxygens (including phenoxy) is 2. The van der Waals surface area contributed by atoms with E-state index in [0.29, 0.717) is 32.5 Å². The van der Waals surface area contributed by atoms with Gasteiger partial charge in [-0.1, -0.05) is 5.16 Å². The highest BCUT2D eigenvalue weighted by Crippen LogP contribution is 2.26. The van der Waals surface area contributed by atoms with Gasteiger partial charge >= 0.3 is 12.5 Å². The molecule has 0 spiro atoms. The predicted octanol–water partition coefficient (Wildman–Crippen LogP) is 4.39. The summed E-state index contributed by atoms with van der Waals surface area (Å²) in [6.45, 7) is 7.49. The number of piperidine rings is 2. The van der Waals surface area contributed by atoms with Crippen molar-refractivity contribution in [1.82, 2.24) is 9.21 Å². The molecule has 36 heavy (non-hydrogen) atoms. The average Bonchev–Trinajstić information content (AvgIpc) is 2.78. The molecule has 2 heterocycles. The SMILES string of the molecule is CC(C)(C)OC(=O)N1CCC(CON=C2CCN(S(=O)(=O)c3ccc(OC(F)(F)F)cc3)CC2)CC1. The zero-order valence-corrected chi connectivity index (χ0v) is 21.4. The van der Waals surface area contributed by atoms with Crippen molar-refractivity contribution >= 4 is 21.8 Å². The van der Waals surface area contributed by atoms with Crippen LogP contribution in [0.5, 0.6) is 5.75 Å². The Labute approximate surface area is 209 Å². The van der Waals surface area contributed by atoms with Gasteiger partial charge in [0.05, 0.1) is 10.6 Å². The van der Waals surface area contributed by atoms with E-state index in [-0.39, 0.29) is 30.0 Å². The lowest BCUT2D eigenvalue weighted by molar-refractivity contribution is -0.274. The van der Waals surface area contributed by atoms with Gasteiger partial charge < -0.3 is 19.2 Å². The number of rotatable bonds is 6.